The summed E-state index contributed by atoms with van der Waals surface area (Å²) in [5.74, 6) is 0. The third-order valence-electron chi connectivity index (χ3n) is 3.59. The molecule has 0 aromatic heterocycles. The first kappa shape index (κ1) is 12.3. The van der Waals surface area contributed by atoms with Crippen molar-refractivity contribution in [1.29, 1.82) is 0 Å². The van der Waals surface area contributed by atoms with Gasteiger partial charge in [-0.1, -0.05) is 13.3 Å². The lowest BCUT2D eigenvalue weighted by Crippen LogP contribution is -2.62. The molecule has 16 heavy (non-hydrogen) atoms. The summed E-state index contributed by atoms with van der Waals surface area (Å²) in [6, 6.07) is 0. The smallest absolute Gasteiger partial charge is 0.0900 e. The molecule has 2 fully saturated rings. The van der Waals surface area contributed by atoms with E-state index in [4.69, 9.17) is 4.74 Å². The Hall–Kier alpha value is -0.160. The van der Waals surface area contributed by atoms with Gasteiger partial charge in [-0.15, -0.1) is 0 Å². The van der Waals surface area contributed by atoms with Gasteiger partial charge in [-0.05, 0) is 6.42 Å². The van der Waals surface area contributed by atoms with Crippen LogP contribution in [0, 0.1) is 0 Å². The molecule has 94 valence electrons. The van der Waals surface area contributed by atoms with Crippen LogP contribution in [0.4, 0.5) is 0 Å². The van der Waals surface area contributed by atoms with E-state index in [-0.39, 0.29) is 5.60 Å². The Morgan fingerprint density at radius 2 is 1.75 bits per heavy atom. The van der Waals surface area contributed by atoms with Crippen LogP contribution in [0.1, 0.15) is 19.8 Å². The number of nitrogens with zero attached hydrogens (tertiary/aromatic N) is 2. The molecule has 4 heteroatoms. The molecule has 0 aliphatic carbocycles. The quantitative estimate of drug-likeness (QED) is 0.727. The van der Waals surface area contributed by atoms with Gasteiger partial charge in [-0.2, -0.15) is 0 Å². The maximum Gasteiger partial charge on any atom is 0.0900 e. The minimum atomic E-state index is -0.375. The maximum absolute atomic E-state index is 10.0. The number of hydrogen-bond donors (Lipinski definition) is 1. The molecule has 2 rings (SSSR count). The topological polar surface area (TPSA) is 35.9 Å². The van der Waals surface area contributed by atoms with Crippen LogP contribution in [0.25, 0.3) is 0 Å². The molecule has 0 bridgehead atoms. The predicted octanol–water partition coefficient (Wildman–Crippen LogP) is 0.165. The van der Waals surface area contributed by atoms with Crippen molar-refractivity contribution in [2.75, 3.05) is 52.5 Å². The first-order valence-corrected chi connectivity index (χ1v) is 6.47. The molecule has 1 N–H and O–H groups in total. The average molecular weight is 228 g/mol. The molecule has 4 nitrogen and oxygen atoms in total. The van der Waals surface area contributed by atoms with Gasteiger partial charge < -0.3 is 9.84 Å². The van der Waals surface area contributed by atoms with Crippen LogP contribution in [-0.4, -0.2) is 73.0 Å². The fraction of sp³-hybridized carbons (Fsp3) is 1.00. The van der Waals surface area contributed by atoms with Crippen LogP contribution in [0.2, 0.25) is 0 Å². The third kappa shape index (κ3) is 3.17. The standard InChI is InChI=1S/C12H24N2O2/c1-2-3-12(15)10-14(11-12)5-4-13-6-8-16-9-7-13/h15H,2-11H2,1H3. The largest absolute Gasteiger partial charge is 0.387 e. The Kier molecular flexibility index (Phi) is 4.19. The number of β-amino-alcohol motifs (C(OH)–C–C–N with tert-alkyl or cyclic N) is 1. The van der Waals surface area contributed by atoms with Crippen molar-refractivity contribution in [2.45, 2.75) is 25.4 Å². The molecular formula is C12H24N2O2. The second kappa shape index (κ2) is 5.45. The van der Waals surface area contributed by atoms with Crippen molar-refractivity contribution in [3.63, 3.8) is 0 Å². The minimum Gasteiger partial charge on any atom is -0.387 e. The average Bonchev–Trinajstić information content (AvgIpc) is 2.25. The van der Waals surface area contributed by atoms with Crippen LogP contribution in [0.5, 0.6) is 0 Å². The van der Waals surface area contributed by atoms with E-state index in [9.17, 15) is 5.11 Å². The predicted molar refractivity (Wildman–Crippen MR) is 63.6 cm³/mol. The van der Waals surface area contributed by atoms with E-state index in [1.54, 1.807) is 0 Å². The summed E-state index contributed by atoms with van der Waals surface area (Å²) in [5.41, 5.74) is -0.375. The molecular weight excluding hydrogens is 204 g/mol. The van der Waals surface area contributed by atoms with E-state index in [1.165, 1.54) is 0 Å². The molecule has 2 saturated heterocycles. The van der Waals surface area contributed by atoms with Gasteiger partial charge in [0.05, 0.1) is 18.8 Å². The normalized spacial score (nSPS) is 26.6. The zero-order valence-corrected chi connectivity index (χ0v) is 10.3. The van der Waals surface area contributed by atoms with Gasteiger partial charge in [0.1, 0.15) is 0 Å². The van der Waals surface area contributed by atoms with Crippen molar-refractivity contribution in [2.24, 2.45) is 0 Å². The van der Waals surface area contributed by atoms with E-state index in [0.717, 1.165) is 65.3 Å². The van der Waals surface area contributed by atoms with E-state index < -0.39 is 0 Å². The van der Waals surface area contributed by atoms with Crippen LogP contribution in [-0.2, 0) is 4.74 Å². The first-order chi connectivity index (χ1) is 7.72. The molecule has 0 aromatic carbocycles. The van der Waals surface area contributed by atoms with Crippen molar-refractivity contribution in [3.8, 4) is 0 Å². The monoisotopic (exact) mass is 228 g/mol. The van der Waals surface area contributed by atoms with Crippen molar-refractivity contribution >= 4 is 0 Å². The second-order valence-electron chi connectivity index (χ2n) is 5.14. The summed E-state index contributed by atoms with van der Waals surface area (Å²) in [6.07, 6.45) is 2.02. The van der Waals surface area contributed by atoms with E-state index in [1.807, 2.05) is 0 Å². The number of morpholine rings is 1. The number of rotatable bonds is 5. The Morgan fingerprint density at radius 1 is 1.12 bits per heavy atom. The molecule has 0 radical (unpaired) electrons. The number of likely N-dealkylation sites (tertiary alicyclic amines) is 1. The molecule has 2 aliphatic rings. The molecule has 0 saturated carbocycles. The van der Waals surface area contributed by atoms with Crippen molar-refractivity contribution in [3.05, 3.63) is 0 Å². The first-order valence-electron chi connectivity index (χ1n) is 6.47. The number of ether oxygens (including phenoxy) is 1. The maximum atomic E-state index is 10.0. The molecule has 2 aliphatic heterocycles. The highest BCUT2D eigenvalue weighted by Gasteiger charge is 2.39. The van der Waals surface area contributed by atoms with Gasteiger partial charge in [0.25, 0.3) is 0 Å². The molecule has 0 unspecified atom stereocenters. The van der Waals surface area contributed by atoms with Gasteiger partial charge in [-0.3, -0.25) is 9.80 Å². The van der Waals surface area contributed by atoms with Crippen LogP contribution >= 0.6 is 0 Å². The lowest BCUT2D eigenvalue weighted by molar-refractivity contribution is -0.106. The summed E-state index contributed by atoms with van der Waals surface area (Å²) >= 11 is 0. The van der Waals surface area contributed by atoms with Crippen LogP contribution in [0.3, 0.4) is 0 Å². The van der Waals surface area contributed by atoms with E-state index in [2.05, 4.69) is 16.7 Å². The van der Waals surface area contributed by atoms with Gasteiger partial charge in [0.2, 0.25) is 0 Å². The molecule has 2 heterocycles. The third-order valence-corrected chi connectivity index (χ3v) is 3.59. The lowest BCUT2D eigenvalue weighted by atomic mass is 9.89. The molecule has 0 amide bonds. The highest BCUT2D eigenvalue weighted by atomic mass is 16.5. The summed E-state index contributed by atoms with van der Waals surface area (Å²) in [6.45, 7) is 9.95. The number of hydrogen-bond acceptors (Lipinski definition) is 4. The van der Waals surface area contributed by atoms with E-state index in [0.29, 0.717) is 0 Å². The van der Waals surface area contributed by atoms with Crippen molar-refractivity contribution < 1.29 is 9.84 Å². The fourth-order valence-corrected chi connectivity index (χ4v) is 2.68. The lowest BCUT2D eigenvalue weighted by Gasteiger charge is -2.47. The Morgan fingerprint density at radius 3 is 2.38 bits per heavy atom. The molecule has 0 aromatic rings. The Labute approximate surface area is 98.2 Å². The fourth-order valence-electron chi connectivity index (χ4n) is 2.68. The van der Waals surface area contributed by atoms with Gasteiger partial charge >= 0.3 is 0 Å². The summed E-state index contributed by atoms with van der Waals surface area (Å²) < 4.78 is 5.32. The zero-order chi connectivity index (χ0) is 11.4. The Balaban J connectivity index is 1.58. The Bertz CT molecular complexity index is 211. The van der Waals surface area contributed by atoms with Crippen LogP contribution < -0.4 is 0 Å². The number of aliphatic hydroxyl groups is 1. The van der Waals surface area contributed by atoms with Crippen LogP contribution in [0.15, 0.2) is 0 Å². The summed E-state index contributed by atoms with van der Waals surface area (Å²) in [4.78, 5) is 4.80. The van der Waals surface area contributed by atoms with E-state index >= 15 is 0 Å². The summed E-state index contributed by atoms with van der Waals surface area (Å²) in [5, 5.41) is 10.0. The van der Waals surface area contributed by atoms with Gasteiger partial charge in [0, 0.05) is 39.3 Å². The van der Waals surface area contributed by atoms with Crippen molar-refractivity contribution in [1.82, 2.24) is 9.80 Å². The van der Waals surface area contributed by atoms with Gasteiger partial charge in [-0.25, -0.2) is 0 Å². The highest BCUT2D eigenvalue weighted by Crippen LogP contribution is 2.25. The second-order valence-corrected chi connectivity index (χ2v) is 5.14. The minimum absolute atomic E-state index is 0.375. The molecule has 0 atom stereocenters. The zero-order valence-electron chi connectivity index (χ0n) is 10.3. The highest BCUT2D eigenvalue weighted by molar-refractivity contribution is 4.95. The SMILES string of the molecule is CCCC1(O)CN(CCN2CCOCC2)C1. The molecule has 0 spiro atoms. The summed E-state index contributed by atoms with van der Waals surface area (Å²) in [7, 11) is 0. The van der Waals surface area contributed by atoms with Gasteiger partial charge in [0.15, 0.2) is 0 Å².